The summed E-state index contributed by atoms with van der Waals surface area (Å²) in [5.74, 6) is 0.279. The number of hydrogen-bond donors (Lipinski definition) is 1. The van der Waals surface area contributed by atoms with Crippen LogP contribution >= 0.6 is 22.9 Å². The third-order valence-electron chi connectivity index (χ3n) is 4.81. The van der Waals surface area contributed by atoms with Gasteiger partial charge in [-0.1, -0.05) is 59.6 Å². The number of rotatable bonds is 7. The summed E-state index contributed by atoms with van der Waals surface area (Å²) in [6.45, 7) is 2.39. The zero-order chi connectivity index (χ0) is 22.5. The van der Waals surface area contributed by atoms with E-state index < -0.39 is 0 Å². The molecule has 0 saturated carbocycles. The molecule has 0 atom stereocenters. The summed E-state index contributed by atoms with van der Waals surface area (Å²) in [7, 11) is 0. The van der Waals surface area contributed by atoms with Crippen LogP contribution in [0.3, 0.4) is 0 Å². The number of halogens is 1. The van der Waals surface area contributed by atoms with Gasteiger partial charge in [0.1, 0.15) is 12.4 Å². The summed E-state index contributed by atoms with van der Waals surface area (Å²) in [6.07, 6.45) is 0. The highest BCUT2D eigenvalue weighted by Crippen LogP contribution is 2.26. The lowest BCUT2D eigenvalue weighted by Gasteiger charge is -2.10. The highest BCUT2D eigenvalue weighted by atomic mass is 35.5. The van der Waals surface area contributed by atoms with Crippen LogP contribution in [0.5, 0.6) is 5.75 Å². The number of thiophene rings is 1. The second kappa shape index (κ2) is 9.81. The number of aryl methyl sites for hydroxylation is 1. The molecule has 32 heavy (non-hydrogen) atoms. The van der Waals surface area contributed by atoms with Crippen molar-refractivity contribution in [2.24, 2.45) is 0 Å². The lowest BCUT2D eigenvalue weighted by molar-refractivity contribution is 0.103. The highest BCUT2D eigenvalue weighted by molar-refractivity contribution is 7.12. The van der Waals surface area contributed by atoms with Crippen molar-refractivity contribution in [3.8, 4) is 5.75 Å². The molecule has 3 aromatic carbocycles. The summed E-state index contributed by atoms with van der Waals surface area (Å²) < 4.78 is 5.79. The first-order valence-electron chi connectivity index (χ1n) is 9.97. The third kappa shape index (κ3) is 5.25. The molecule has 0 aliphatic carbocycles. The molecule has 0 fully saturated rings. The number of nitrogens with one attached hydrogen (secondary N) is 1. The van der Waals surface area contributed by atoms with Gasteiger partial charge in [-0.2, -0.15) is 0 Å². The Labute approximate surface area is 195 Å². The van der Waals surface area contributed by atoms with Crippen LogP contribution in [-0.4, -0.2) is 11.7 Å². The first kappa shape index (κ1) is 21.8. The number of hydrogen-bond acceptors (Lipinski definition) is 4. The lowest BCUT2D eigenvalue weighted by Crippen LogP contribution is -2.14. The molecule has 4 nitrogen and oxygen atoms in total. The van der Waals surface area contributed by atoms with E-state index in [2.05, 4.69) is 5.32 Å². The molecule has 1 N–H and O–H groups in total. The maximum Gasteiger partial charge on any atom is 0.265 e. The quantitative estimate of drug-likeness (QED) is 0.309. The van der Waals surface area contributed by atoms with Crippen molar-refractivity contribution in [1.29, 1.82) is 0 Å². The van der Waals surface area contributed by atoms with Gasteiger partial charge in [0, 0.05) is 21.7 Å². The smallest absolute Gasteiger partial charge is 0.265 e. The molecule has 1 heterocycles. The Morgan fingerprint density at radius 1 is 0.969 bits per heavy atom. The number of ether oxygens (including phenoxy) is 1. The summed E-state index contributed by atoms with van der Waals surface area (Å²) >= 11 is 7.45. The largest absolute Gasteiger partial charge is 0.489 e. The Kier molecular flexibility index (Phi) is 6.69. The standard InChI is InChI=1S/C26H20ClNO3S/c1-17-7-10-21(11-8-17)31-15-18-13-24(32-16-18)26(30)28-23-12-9-20(27)14-22(23)25(29)19-5-3-2-4-6-19/h2-14,16H,15H2,1H3,(H,28,30). The normalized spacial score (nSPS) is 10.6. The van der Waals surface area contributed by atoms with Crippen molar-refractivity contribution in [2.75, 3.05) is 5.32 Å². The van der Waals surface area contributed by atoms with Gasteiger partial charge in [-0.25, -0.2) is 0 Å². The van der Waals surface area contributed by atoms with Crippen LogP contribution in [0.25, 0.3) is 0 Å². The Hall–Kier alpha value is -3.41. The first-order chi connectivity index (χ1) is 15.5. The average molecular weight is 462 g/mol. The minimum atomic E-state index is -0.291. The fourth-order valence-electron chi connectivity index (χ4n) is 3.11. The maximum atomic E-state index is 13.0. The summed E-state index contributed by atoms with van der Waals surface area (Å²) in [5.41, 5.74) is 3.35. The monoisotopic (exact) mass is 461 g/mol. The van der Waals surface area contributed by atoms with Crippen LogP contribution in [-0.2, 0) is 6.61 Å². The Morgan fingerprint density at radius 2 is 1.72 bits per heavy atom. The van der Waals surface area contributed by atoms with E-state index in [0.29, 0.717) is 33.3 Å². The maximum absolute atomic E-state index is 13.0. The van der Waals surface area contributed by atoms with Gasteiger partial charge in [-0.15, -0.1) is 11.3 Å². The van der Waals surface area contributed by atoms with Gasteiger partial charge in [-0.05, 0) is 48.7 Å². The van der Waals surface area contributed by atoms with Crippen molar-refractivity contribution in [3.63, 3.8) is 0 Å². The zero-order valence-electron chi connectivity index (χ0n) is 17.3. The lowest BCUT2D eigenvalue weighted by atomic mass is 10.0. The molecule has 160 valence electrons. The first-order valence-corrected chi connectivity index (χ1v) is 11.2. The van der Waals surface area contributed by atoms with Gasteiger partial charge < -0.3 is 10.1 Å². The van der Waals surface area contributed by atoms with Crippen LogP contribution in [0.4, 0.5) is 5.69 Å². The zero-order valence-corrected chi connectivity index (χ0v) is 18.9. The van der Waals surface area contributed by atoms with E-state index in [0.717, 1.165) is 11.3 Å². The van der Waals surface area contributed by atoms with E-state index in [1.54, 1.807) is 48.5 Å². The van der Waals surface area contributed by atoms with Gasteiger partial charge >= 0.3 is 0 Å². The molecule has 0 radical (unpaired) electrons. The molecule has 1 amide bonds. The fourth-order valence-corrected chi connectivity index (χ4v) is 4.08. The van der Waals surface area contributed by atoms with Gasteiger partial charge in [-0.3, -0.25) is 9.59 Å². The number of ketones is 1. The fraction of sp³-hybridized carbons (Fsp3) is 0.0769. The van der Waals surface area contributed by atoms with Crippen LogP contribution in [0, 0.1) is 6.92 Å². The Bertz CT molecular complexity index is 1250. The van der Waals surface area contributed by atoms with Crippen LogP contribution < -0.4 is 10.1 Å². The van der Waals surface area contributed by atoms with Gasteiger partial charge in [0.25, 0.3) is 5.91 Å². The Balaban J connectivity index is 1.47. The molecule has 6 heteroatoms. The molecule has 4 aromatic rings. The second-order valence-corrected chi connectivity index (χ2v) is 8.61. The number of carbonyl (C=O) groups excluding carboxylic acids is 2. The molecule has 0 bridgehead atoms. The van der Waals surface area contributed by atoms with Crippen molar-refractivity contribution in [2.45, 2.75) is 13.5 Å². The predicted octanol–water partition coefficient (Wildman–Crippen LogP) is 6.77. The summed E-state index contributed by atoms with van der Waals surface area (Å²) in [6, 6.07) is 23.4. The average Bonchev–Trinajstić information content (AvgIpc) is 3.29. The van der Waals surface area contributed by atoms with Crippen LogP contribution in [0.2, 0.25) is 5.02 Å². The number of amides is 1. The van der Waals surface area contributed by atoms with Crippen molar-refractivity contribution in [1.82, 2.24) is 0 Å². The Morgan fingerprint density at radius 3 is 2.47 bits per heavy atom. The molecule has 0 aliphatic rings. The number of carbonyl (C=O) groups is 2. The number of anilines is 1. The minimum Gasteiger partial charge on any atom is -0.489 e. The van der Waals surface area contributed by atoms with Crippen molar-refractivity contribution < 1.29 is 14.3 Å². The van der Waals surface area contributed by atoms with Gasteiger partial charge in [0.15, 0.2) is 5.78 Å². The predicted molar refractivity (Wildman–Crippen MR) is 129 cm³/mol. The molecule has 1 aromatic heterocycles. The molecular formula is C26H20ClNO3S. The summed E-state index contributed by atoms with van der Waals surface area (Å²) in [5, 5.41) is 5.16. The third-order valence-corrected chi connectivity index (χ3v) is 6.03. The van der Waals surface area contributed by atoms with E-state index in [4.69, 9.17) is 16.3 Å². The minimum absolute atomic E-state index is 0.207. The van der Waals surface area contributed by atoms with Gasteiger partial charge in [0.05, 0.1) is 10.6 Å². The molecule has 4 rings (SSSR count). The molecule has 0 spiro atoms. The summed E-state index contributed by atoms with van der Waals surface area (Å²) in [4.78, 5) is 26.3. The van der Waals surface area contributed by atoms with E-state index in [1.165, 1.54) is 16.9 Å². The highest BCUT2D eigenvalue weighted by Gasteiger charge is 2.17. The van der Waals surface area contributed by atoms with Crippen LogP contribution in [0.1, 0.15) is 36.7 Å². The van der Waals surface area contributed by atoms with E-state index in [1.807, 2.05) is 42.6 Å². The van der Waals surface area contributed by atoms with Crippen molar-refractivity contribution in [3.05, 3.63) is 116 Å². The molecular weight excluding hydrogens is 442 g/mol. The SMILES string of the molecule is Cc1ccc(OCc2csc(C(=O)Nc3ccc(Cl)cc3C(=O)c3ccccc3)c2)cc1. The number of benzene rings is 3. The van der Waals surface area contributed by atoms with Gasteiger partial charge in [0.2, 0.25) is 0 Å². The van der Waals surface area contributed by atoms with Crippen molar-refractivity contribution >= 4 is 40.3 Å². The molecule has 0 aliphatic heterocycles. The molecule has 0 saturated heterocycles. The second-order valence-electron chi connectivity index (χ2n) is 7.26. The topological polar surface area (TPSA) is 55.4 Å². The van der Waals surface area contributed by atoms with Crippen LogP contribution in [0.15, 0.2) is 84.2 Å². The van der Waals surface area contributed by atoms with E-state index in [9.17, 15) is 9.59 Å². The molecule has 0 unspecified atom stereocenters. The van der Waals surface area contributed by atoms with E-state index in [-0.39, 0.29) is 11.7 Å². The van der Waals surface area contributed by atoms with E-state index >= 15 is 0 Å².